The Morgan fingerprint density at radius 3 is 2.50 bits per heavy atom. The lowest BCUT2D eigenvalue weighted by Gasteiger charge is -1.97. The molecule has 1 radical (unpaired) electrons. The molecule has 0 aliphatic heterocycles. The van der Waals surface area contributed by atoms with Gasteiger partial charge in [0.1, 0.15) is 0 Å². The van der Waals surface area contributed by atoms with Gasteiger partial charge in [-0.25, -0.2) is 0 Å². The molecule has 1 nitrogen and oxygen atoms in total. The normalized spacial score (nSPS) is 11.2. The first-order chi connectivity index (χ1) is 5.91. The van der Waals surface area contributed by atoms with Crippen molar-refractivity contribution in [3.63, 3.8) is 0 Å². The van der Waals surface area contributed by atoms with Gasteiger partial charge >= 0.3 is 0 Å². The molecule has 0 aromatic rings. The van der Waals surface area contributed by atoms with Crippen molar-refractivity contribution < 1.29 is 4.74 Å². The van der Waals surface area contributed by atoms with E-state index in [1.54, 1.807) is 0 Å². The molecule has 0 aromatic carbocycles. The number of ether oxygens (including phenoxy) is 1. The fourth-order valence-corrected chi connectivity index (χ4v) is 1.10. The van der Waals surface area contributed by atoms with Gasteiger partial charge in [0.05, 0.1) is 7.11 Å². The lowest BCUT2D eigenvalue weighted by Crippen LogP contribution is -1.86. The molecule has 0 aliphatic rings. The molecule has 0 aromatic heterocycles. The Balaban J connectivity index is 2.86. The maximum atomic E-state index is 4.72. The van der Waals surface area contributed by atoms with Crippen LogP contribution in [0.15, 0.2) is 12.2 Å². The fourth-order valence-electron chi connectivity index (χ4n) is 1.10. The van der Waals surface area contributed by atoms with E-state index in [1.807, 2.05) is 0 Å². The smallest absolute Gasteiger partial charge is 0.0700 e. The quantitative estimate of drug-likeness (QED) is 0.397. The second kappa shape index (κ2) is 10.7. The number of unbranched alkanes of at least 4 members (excludes halogenated alkanes) is 4. The summed E-state index contributed by atoms with van der Waals surface area (Å²) in [6.07, 6.45) is 12.0. The van der Waals surface area contributed by atoms with E-state index in [1.165, 1.54) is 25.7 Å². The third kappa shape index (κ3) is 9.70. The largest absolute Gasteiger partial charge is 0.379 e. The van der Waals surface area contributed by atoms with Crippen LogP contribution in [0.3, 0.4) is 0 Å². The SMILES string of the molecule is [CH2]OCCCCCC/C=C\CC. The van der Waals surface area contributed by atoms with E-state index in [4.69, 9.17) is 4.74 Å². The Bertz CT molecular complexity index is 97.2. The molecule has 0 N–H and O–H groups in total. The molecule has 0 rings (SSSR count). The van der Waals surface area contributed by atoms with Crippen molar-refractivity contribution in [1.29, 1.82) is 0 Å². The van der Waals surface area contributed by atoms with Gasteiger partial charge in [-0.1, -0.05) is 31.9 Å². The highest BCUT2D eigenvalue weighted by atomic mass is 16.5. The first kappa shape index (κ1) is 11.7. The highest BCUT2D eigenvalue weighted by Crippen LogP contribution is 2.03. The second-order valence-electron chi connectivity index (χ2n) is 2.99. The van der Waals surface area contributed by atoms with Crippen molar-refractivity contribution >= 4 is 0 Å². The summed E-state index contributed by atoms with van der Waals surface area (Å²) in [5.74, 6) is 0. The van der Waals surface area contributed by atoms with Crippen molar-refractivity contribution in [3.05, 3.63) is 19.3 Å². The molecular formula is C11H21O. The molecule has 0 bridgehead atoms. The molecular weight excluding hydrogens is 148 g/mol. The molecule has 71 valence electrons. The van der Waals surface area contributed by atoms with Crippen LogP contribution in [0.5, 0.6) is 0 Å². The Hall–Kier alpha value is -0.300. The molecule has 0 unspecified atom stereocenters. The van der Waals surface area contributed by atoms with E-state index in [2.05, 4.69) is 26.2 Å². The van der Waals surface area contributed by atoms with E-state index in [0.29, 0.717) is 0 Å². The van der Waals surface area contributed by atoms with Gasteiger partial charge in [-0.2, -0.15) is 0 Å². The molecule has 1 heteroatoms. The first-order valence-electron chi connectivity index (χ1n) is 4.93. The van der Waals surface area contributed by atoms with Crippen LogP contribution < -0.4 is 0 Å². The minimum absolute atomic E-state index is 0.810. The van der Waals surface area contributed by atoms with Crippen LogP contribution in [-0.4, -0.2) is 6.61 Å². The first-order valence-corrected chi connectivity index (χ1v) is 4.93. The summed E-state index contributed by atoms with van der Waals surface area (Å²) in [5, 5.41) is 0. The predicted octanol–water partition coefficient (Wildman–Crippen LogP) is 3.71. The third-order valence-corrected chi connectivity index (χ3v) is 1.81. The predicted molar refractivity (Wildman–Crippen MR) is 53.8 cm³/mol. The maximum Gasteiger partial charge on any atom is 0.0700 e. The van der Waals surface area contributed by atoms with Gasteiger partial charge in [-0.05, 0) is 25.7 Å². The summed E-state index contributed by atoms with van der Waals surface area (Å²) in [6, 6.07) is 0. The molecule has 0 heterocycles. The Morgan fingerprint density at radius 2 is 1.83 bits per heavy atom. The van der Waals surface area contributed by atoms with Crippen LogP contribution in [0.1, 0.15) is 45.4 Å². The fraction of sp³-hybridized carbons (Fsp3) is 0.727. The highest BCUT2D eigenvalue weighted by molar-refractivity contribution is 4.79. The van der Waals surface area contributed by atoms with E-state index in [0.717, 1.165) is 19.4 Å². The van der Waals surface area contributed by atoms with Crippen molar-refractivity contribution in [3.8, 4) is 0 Å². The maximum absolute atomic E-state index is 4.72. The minimum atomic E-state index is 0.810. The average Bonchev–Trinajstić information content (AvgIpc) is 2.10. The van der Waals surface area contributed by atoms with E-state index in [-0.39, 0.29) is 0 Å². The number of hydrogen-bond donors (Lipinski definition) is 0. The van der Waals surface area contributed by atoms with Crippen LogP contribution in [-0.2, 0) is 4.74 Å². The average molecular weight is 169 g/mol. The number of allylic oxidation sites excluding steroid dienone is 2. The lowest BCUT2D eigenvalue weighted by molar-refractivity contribution is 0.233. The number of rotatable bonds is 8. The van der Waals surface area contributed by atoms with Crippen LogP contribution in [0, 0.1) is 7.11 Å². The highest BCUT2D eigenvalue weighted by Gasteiger charge is 1.87. The molecule has 0 fully saturated rings. The monoisotopic (exact) mass is 169 g/mol. The van der Waals surface area contributed by atoms with E-state index >= 15 is 0 Å². The summed E-state index contributed by atoms with van der Waals surface area (Å²) in [4.78, 5) is 0. The van der Waals surface area contributed by atoms with Crippen LogP contribution in [0.25, 0.3) is 0 Å². The molecule has 0 saturated carbocycles. The van der Waals surface area contributed by atoms with Gasteiger partial charge in [-0.3, -0.25) is 0 Å². The molecule has 0 amide bonds. The summed E-state index contributed by atoms with van der Waals surface area (Å²) in [6.45, 7) is 2.98. The Morgan fingerprint density at radius 1 is 1.08 bits per heavy atom. The minimum Gasteiger partial charge on any atom is -0.379 e. The molecule has 0 saturated heterocycles. The van der Waals surface area contributed by atoms with Gasteiger partial charge in [-0.15, -0.1) is 0 Å². The molecule has 0 aliphatic carbocycles. The van der Waals surface area contributed by atoms with E-state index in [9.17, 15) is 0 Å². The summed E-state index contributed by atoms with van der Waals surface area (Å²) < 4.78 is 4.72. The Kier molecular flexibility index (Phi) is 10.4. The second-order valence-corrected chi connectivity index (χ2v) is 2.99. The third-order valence-electron chi connectivity index (χ3n) is 1.81. The topological polar surface area (TPSA) is 9.23 Å². The van der Waals surface area contributed by atoms with Crippen molar-refractivity contribution in [2.24, 2.45) is 0 Å². The van der Waals surface area contributed by atoms with Crippen molar-refractivity contribution in [2.45, 2.75) is 45.4 Å². The standard InChI is InChI=1S/C11H21O/c1-3-4-5-6-7-8-9-10-11-12-2/h4-5H,2-3,6-11H2,1H3/b5-4-. The molecule has 0 atom stereocenters. The van der Waals surface area contributed by atoms with Gasteiger partial charge in [0.25, 0.3) is 0 Å². The van der Waals surface area contributed by atoms with Crippen LogP contribution in [0.2, 0.25) is 0 Å². The zero-order valence-electron chi connectivity index (χ0n) is 8.22. The van der Waals surface area contributed by atoms with Gasteiger partial charge in [0, 0.05) is 6.61 Å². The summed E-state index contributed by atoms with van der Waals surface area (Å²) in [5.41, 5.74) is 0. The van der Waals surface area contributed by atoms with E-state index < -0.39 is 0 Å². The Labute approximate surface area is 76.8 Å². The summed E-state index contributed by atoms with van der Waals surface area (Å²) >= 11 is 0. The molecule has 0 spiro atoms. The van der Waals surface area contributed by atoms with Gasteiger partial charge in [0.2, 0.25) is 0 Å². The van der Waals surface area contributed by atoms with Crippen molar-refractivity contribution in [2.75, 3.05) is 6.61 Å². The molecule has 12 heavy (non-hydrogen) atoms. The van der Waals surface area contributed by atoms with Crippen LogP contribution in [0.4, 0.5) is 0 Å². The lowest BCUT2D eigenvalue weighted by atomic mass is 10.1. The van der Waals surface area contributed by atoms with Gasteiger partial charge < -0.3 is 4.74 Å². The van der Waals surface area contributed by atoms with Gasteiger partial charge in [0.15, 0.2) is 0 Å². The zero-order valence-corrected chi connectivity index (χ0v) is 8.22. The summed E-state index contributed by atoms with van der Waals surface area (Å²) in [7, 11) is 3.33. The van der Waals surface area contributed by atoms with Crippen molar-refractivity contribution in [1.82, 2.24) is 0 Å². The zero-order chi connectivity index (χ0) is 9.07. The van der Waals surface area contributed by atoms with Crippen LogP contribution >= 0.6 is 0 Å². The number of hydrogen-bond acceptors (Lipinski definition) is 1.